The first-order valence-electron chi connectivity index (χ1n) is 4.52. The maximum absolute atomic E-state index is 11.3. The molecule has 0 spiro atoms. The zero-order valence-corrected chi connectivity index (χ0v) is 9.30. The van der Waals surface area contributed by atoms with Gasteiger partial charge in [0.2, 0.25) is 0 Å². The fourth-order valence-electron chi connectivity index (χ4n) is 1.08. The predicted molar refractivity (Wildman–Crippen MR) is 53.2 cm³/mol. The van der Waals surface area contributed by atoms with Crippen LogP contribution in [-0.4, -0.2) is 59.2 Å². The summed E-state index contributed by atoms with van der Waals surface area (Å²) >= 11 is 0. The zero-order valence-electron chi connectivity index (χ0n) is 8.49. The molecule has 1 unspecified atom stereocenters. The largest absolute Gasteiger partial charge is 0.374 e. The summed E-state index contributed by atoms with van der Waals surface area (Å²) in [6, 6.07) is 0. The van der Waals surface area contributed by atoms with Crippen LogP contribution in [0.15, 0.2) is 0 Å². The van der Waals surface area contributed by atoms with Crippen molar-refractivity contribution in [3.05, 3.63) is 0 Å². The van der Waals surface area contributed by atoms with E-state index in [0.29, 0.717) is 19.7 Å². The average molecular weight is 223 g/mol. The van der Waals surface area contributed by atoms with Crippen LogP contribution in [0.1, 0.15) is 0 Å². The molecule has 0 aromatic heterocycles. The summed E-state index contributed by atoms with van der Waals surface area (Å²) in [5.41, 5.74) is 0. The van der Waals surface area contributed by atoms with Gasteiger partial charge in [-0.3, -0.25) is 0 Å². The Bertz CT molecular complexity index is 259. The molecule has 1 aliphatic heterocycles. The molecule has 14 heavy (non-hydrogen) atoms. The predicted octanol–water partition coefficient (Wildman–Crippen LogP) is -1.63. The lowest BCUT2D eigenvalue weighted by Gasteiger charge is -2.24. The molecule has 1 fully saturated rings. The molecule has 6 nitrogen and oxygen atoms in total. The van der Waals surface area contributed by atoms with E-state index in [1.807, 2.05) is 0 Å². The lowest BCUT2D eigenvalue weighted by molar-refractivity contribution is 0.0322. The molecule has 1 saturated heterocycles. The van der Waals surface area contributed by atoms with Crippen molar-refractivity contribution < 1.29 is 13.2 Å². The summed E-state index contributed by atoms with van der Waals surface area (Å²) in [5, 5.41) is 3.13. The summed E-state index contributed by atoms with van der Waals surface area (Å²) in [5.74, 6) is 0. The molecular weight excluding hydrogens is 206 g/mol. The summed E-state index contributed by atoms with van der Waals surface area (Å²) in [4.78, 5) is 0. The molecule has 0 radical (unpaired) electrons. The maximum Gasteiger partial charge on any atom is 0.279 e. The Hall–Kier alpha value is -0.210. The monoisotopic (exact) mass is 223 g/mol. The third-order valence-corrected chi connectivity index (χ3v) is 3.47. The SMILES string of the molecule is CN(C)S(=O)(=O)NCC1CNCCO1. The lowest BCUT2D eigenvalue weighted by atomic mass is 10.3. The topological polar surface area (TPSA) is 70.7 Å². The van der Waals surface area contributed by atoms with Crippen LogP contribution in [-0.2, 0) is 14.9 Å². The van der Waals surface area contributed by atoms with Gasteiger partial charge in [-0.1, -0.05) is 0 Å². The molecule has 1 atom stereocenters. The quantitative estimate of drug-likeness (QED) is 0.600. The summed E-state index contributed by atoms with van der Waals surface area (Å²) in [6.45, 7) is 2.47. The van der Waals surface area contributed by atoms with Crippen molar-refractivity contribution in [1.82, 2.24) is 14.3 Å². The molecule has 0 amide bonds. The van der Waals surface area contributed by atoms with Gasteiger partial charge in [0.1, 0.15) is 0 Å². The first-order chi connectivity index (χ1) is 6.52. The number of hydrogen-bond acceptors (Lipinski definition) is 4. The smallest absolute Gasteiger partial charge is 0.279 e. The zero-order chi connectivity index (χ0) is 10.6. The van der Waals surface area contributed by atoms with E-state index in [4.69, 9.17) is 4.74 Å². The molecule has 7 heteroatoms. The van der Waals surface area contributed by atoms with Crippen LogP contribution in [0.25, 0.3) is 0 Å². The standard InChI is InChI=1S/C7H17N3O3S/c1-10(2)14(11,12)9-6-7-5-8-3-4-13-7/h7-9H,3-6H2,1-2H3. The molecule has 0 aliphatic carbocycles. The lowest BCUT2D eigenvalue weighted by Crippen LogP contribution is -2.47. The highest BCUT2D eigenvalue weighted by molar-refractivity contribution is 7.87. The maximum atomic E-state index is 11.3. The van der Waals surface area contributed by atoms with E-state index in [-0.39, 0.29) is 6.10 Å². The molecule has 84 valence electrons. The van der Waals surface area contributed by atoms with Crippen LogP contribution in [0, 0.1) is 0 Å². The first kappa shape index (κ1) is 11.9. The number of rotatable bonds is 4. The van der Waals surface area contributed by atoms with Gasteiger partial charge in [0, 0.05) is 33.7 Å². The molecule has 1 heterocycles. The van der Waals surface area contributed by atoms with Crippen LogP contribution >= 0.6 is 0 Å². The highest BCUT2D eigenvalue weighted by Gasteiger charge is 2.18. The highest BCUT2D eigenvalue weighted by atomic mass is 32.2. The van der Waals surface area contributed by atoms with Crippen molar-refractivity contribution in [2.24, 2.45) is 0 Å². The molecule has 0 bridgehead atoms. The molecule has 1 rings (SSSR count). The Labute approximate surface area is 84.8 Å². The Balaban J connectivity index is 2.32. The van der Waals surface area contributed by atoms with Crippen molar-refractivity contribution in [3.63, 3.8) is 0 Å². The van der Waals surface area contributed by atoms with Gasteiger partial charge >= 0.3 is 0 Å². The third-order valence-electron chi connectivity index (χ3n) is 1.98. The van der Waals surface area contributed by atoms with Gasteiger partial charge in [-0.05, 0) is 0 Å². The van der Waals surface area contributed by atoms with Crippen LogP contribution < -0.4 is 10.0 Å². The van der Waals surface area contributed by atoms with Gasteiger partial charge in [-0.15, -0.1) is 0 Å². The molecule has 2 N–H and O–H groups in total. The van der Waals surface area contributed by atoms with Gasteiger partial charge in [0.05, 0.1) is 12.7 Å². The first-order valence-corrected chi connectivity index (χ1v) is 5.96. The van der Waals surface area contributed by atoms with Crippen LogP contribution in [0.4, 0.5) is 0 Å². The van der Waals surface area contributed by atoms with E-state index in [2.05, 4.69) is 10.0 Å². The number of ether oxygens (including phenoxy) is 1. The molecule has 0 saturated carbocycles. The third kappa shape index (κ3) is 3.50. The number of nitrogens with one attached hydrogen (secondary N) is 2. The highest BCUT2D eigenvalue weighted by Crippen LogP contribution is 1.96. The number of hydrogen-bond donors (Lipinski definition) is 2. The van der Waals surface area contributed by atoms with E-state index in [0.717, 1.165) is 10.8 Å². The summed E-state index contributed by atoms with van der Waals surface area (Å²) in [6.07, 6.45) is -0.0709. The Morgan fingerprint density at radius 2 is 2.29 bits per heavy atom. The second-order valence-corrected chi connectivity index (χ2v) is 5.30. The minimum absolute atomic E-state index is 0.0709. The normalized spacial score (nSPS) is 24.1. The minimum Gasteiger partial charge on any atom is -0.374 e. The Morgan fingerprint density at radius 3 is 2.79 bits per heavy atom. The van der Waals surface area contributed by atoms with Crippen LogP contribution in [0.3, 0.4) is 0 Å². The summed E-state index contributed by atoms with van der Waals surface area (Å²) in [7, 11) is -0.345. The van der Waals surface area contributed by atoms with Crippen LogP contribution in [0.2, 0.25) is 0 Å². The van der Waals surface area contributed by atoms with E-state index < -0.39 is 10.2 Å². The fourth-order valence-corrected chi connectivity index (χ4v) is 1.73. The Kier molecular flexibility index (Phi) is 4.27. The fraction of sp³-hybridized carbons (Fsp3) is 1.00. The molecule has 1 aliphatic rings. The number of morpholine rings is 1. The second kappa shape index (κ2) is 5.04. The van der Waals surface area contributed by atoms with Gasteiger partial charge in [0.25, 0.3) is 10.2 Å². The van der Waals surface area contributed by atoms with Gasteiger partial charge in [-0.2, -0.15) is 17.4 Å². The van der Waals surface area contributed by atoms with Crippen molar-refractivity contribution in [1.29, 1.82) is 0 Å². The van der Waals surface area contributed by atoms with Crippen LogP contribution in [0.5, 0.6) is 0 Å². The Morgan fingerprint density at radius 1 is 1.57 bits per heavy atom. The van der Waals surface area contributed by atoms with E-state index >= 15 is 0 Å². The van der Waals surface area contributed by atoms with Gasteiger partial charge in [0.15, 0.2) is 0 Å². The van der Waals surface area contributed by atoms with Gasteiger partial charge < -0.3 is 10.1 Å². The molecule has 0 aromatic carbocycles. The van der Waals surface area contributed by atoms with Crippen molar-refractivity contribution in [2.75, 3.05) is 40.3 Å². The molecular formula is C7H17N3O3S. The number of nitrogens with zero attached hydrogens (tertiary/aromatic N) is 1. The van der Waals surface area contributed by atoms with Crippen molar-refractivity contribution >= 4 is 10.2 Å². The van der Waals surface area contributed by atoms with Crippen molar-refractivity contribution in [2.45, 2.75) is 6.10 Å². The average Bonchev–Trinajstić information content (AvgIpc) is 2.16. The van der Waals surface area contributed by atoms with E-state index in [1.54, 1.807) is 0 Å². The molecule has 0 aromatic rings. The summed E-state index contributed by atoms with van der Waals surface area (Å²) < 4.78 is 31.6. The van der Waals surface area contributed by atoms with Gasteiger partial charge in [-0.25, -0.2) is 0 Å². The second-order valence-electron chi connectivity index (χ2n) is 3.33. The van der Waals surface area contributed by atoms with E-state index in [9.17, 15) is 8.42 Å². The van der Waals surface area contributed by atoms with Crippen molar-refractivity contribution in [3.8, 4) is 0 Å². The van der Waals surface area contributed by atoms with E-state index in [1.165, 1.54) is 14.1 Å². The minimum atomic E-state index is -3.32.